The van der Waals surface area contributed by atoms with Crippen molar-refractivity contribution in [3.63, 3.8) is 0 Å². The average Bonchev–Trinajstić information content (AvgIpc) is 2.93. The maximum atomic E-state index is 12.7. The normalized spacial score (nSPS) is 16.7. The fourth-order valence-corrected chi connectivity index (χ4v) is 4.92. The molecular weight excluding hydrogens is 452 g/mol. The van der Waals surface area contributed by atoms with Crippen LogP contribution in [-0.2, 0) is 4.79 Å². The lowest BCUT2D eigenvalue weighted by atomic mass is 9.80. The first-order chi connectivity index (χ1) is 18.2. The van der Waals surface area contributed by atoms with E-state index in [1.165, 1.54) is 51.4 Å². The molecule has 0 N–H and O–H groups in total. The number of rotatable bonds is 11. The van der Waals surface area contributed by atoms with E-state index in [1.807, 2.05) is 48.5 Å². The highest BCUT2D eigenvalue weighted by atomic mass is 16.5. The van der Waals surface area contributed by atoms with Crippen LogP contribution in [0.5, 0.6) is 5.75 Å². The molecule has 0 radical (unpaired) electrons. The van der Waals surface area contributed by atoms with Crippen molar-refractivity contribution in [1.82, 2.24) is 0 Å². The number of carbonyl (C=O) groups is 1. The van der Waals surface area contributed by atoms with Crippen LogP contribution in [0.3, 0.4) is 0 Å². The fraction of sp³-hybridized carbons (Fsp3) is 0.514. The molecule has 0 spiro atoms. The van der Waals surface area contributed by atoms with Gasteiger partial charge in [-0.3, -0.25) is 4.79 Å². The van der Waals surface area contributed by atoms with Crippen LogP contribution in [0.25, 0.3) is 0 Å². The molecule has 0 atom stereocenters. The zero-order valence-electron chi connectivity index (χ0n) is 23.0. The highest BCUT2D eigenvalue weighted by molar-refractivity contribution is 5.75. The molecule has 2 heteroatoms. The second kappa shape index (κ2) is 16.7. The first-order valence-corrected chi connectivity index (χ1v) is 14.6. The van der Waals surface area contributed by atoms with Gasteiger partial charge in [0.25, 0.3) is 0 Å². The van der Waals surface area contributed by atoms with Gasteiger partial charge >= 0.3 is 5.97 Å². The first-order valence-electron chi connectivity index (χ1n) is 14.6. The Morgan fingerprint density at radius 2 is 1.24 bits per heavy atom. The highest BCUT2D eigenvalue weighted by Gasteiger charge is 2.27. The monoisotopic (exact) mass is 496 g/mol. The van der Waals surface area contributed by atoms with E-state index in [1.54, 1.807) is 0 Å². The number of carbonyl (C=O) groups excluding carboxylic acids is 1. The molecule has 0 heterocycles. The van der Waals surface area contributed by atoms with Crippen molar-refractivity contribution in [1.29, 1.82) is 0 Å². The maximum Gasteiger partial charge on any atom is 0.314 e. The third-order valence-electron chi connectivity index (χ3n) is 7.34. The maximum absolute atomic E-state index is 12.7. The zero-order chi connectivity index (χ0) is 26.1. The summed E-state index contributed by atoms with van der Waals surface area (Å²) in [6.45, 7) is 4.44. The molecule has 196 valence electrons. The van der Waals surface area contributed by atoms with Crippen LogP contribution in [0, 0.1) is 35.5 Å². The van der Waals surface area contributed by atoms with Gasteiger partial charge in [-0.15, -0.1) is 0 Å². The third-order valence-corrected chi connectivity index (χ3v) is 7.34. The van der Waals surface area contributed by atoms with Gasteiger partial charge in [-0.1, -0.05) is 88.9 Å². The lowest BCUT2D eigenvalue weighted by Crippen LogP contribution is -2.25. The van der Waals surface area contributed by atoms with E-state index in [-0.39, 0.29) is 11.9 Å². The number of ether oxygens (including phenoxy) is 1. The quantitative estimate of drug-likeness (QED) is 0.134. The molecule has 1 aliphatic carbocycles. The predicted octanol–water partition coefficient (Wildman–Crippen LogP) is 9.09. The summed E-state index contributed by atoms with van der Waals surface area (Å²) in [4.78, 5) is 12.7. The van der Waals surface area contributed by atoms with Crippen molar-refractivity contribution < 1.29 is 9.53 Å². The Morgan fingerprint density at radius 1 is 0.703 bits per heavy atom. The van der Waals surface area contributed by atoms with Crippen LogP contribution in [0.1, 0.15) is 120 Å². The number of benzene rings is 2. The smallest absolute Gasteiger partial charge is 0.314 e. The summed E-state index contributed by atoms with van der Waals surface area (Å²) in [7, 11) is 0. The lowest BCUT2D eigenvalue weighted by molar-refractivity contribution is -0.140. The number of hydrogen-bond acceptors (Lipinski definition) is 2. The van der Waals surface area contributed by atoms with Gasteiger partial charge in [0.1, 0.15) is 5.75 Å². The van der Waals surface area contributed by atoms with Gasteiger partial charge in [-0.2, -0.15) is 0 Å². The number of unbranched alkanes of at least 4 members (excludes halogenated alkanes) is 7. The van der Waals surface area contributed by atoms with Gasteiger partial charge in [0.2, 0.25) is 0 Å². The van der Waals surface area contributed by atoms with E-state index in [4.69, 9.17) is 4.74 Å². The van der Waals surface area contributed by atoms with E-state index in [9.17, 15) is 4.79 Å². The standard InChI is InChI=1S/C35H44O2/c1-3-5-7-9-10-12-14-30-21-25-33(26-22-30)35(36)37-34-27-23-32(24-28-34)20-19-31-17-15-29(16-18-31)13-11-8-6-4-2/h15-18,23-24,27-28,30,33H,3-10,12,14,21-22,25-26H2,1-2H3/t30-,33-. The fourth-order valence-electron chi connectivity index (χ4n) is 4.92. The molecule has 0 unspecified atom stereocenters. The minimum absolute atomic E-state index is 0.0413. The molecule has 0 amide bonds. The molecule has 0 bridgehead atoms. The second-order valence-electron chi connectivity index (χ2n) is 10.5. The lowest BCUT2D eigenvalue weighted by Gasteiger charge is -2.27. The molecule has 2 aromatic rings. The summed E-state index contributed by atoms with van der Waals surface area (Å²) in [5.41, 5.74) is 2.89. The summed E-state index contributed by atoms with van der Waals surface area (Å²) < 4.78 is 5.70. The van der Waals surface area contributed by atoms with Gasteiger partial charge in [0.15, 0.2) is 0 Å². The summed E-state index contributed by atoms with van der Waals surface area (Å²) in [5.74, 6) is 14.2. The molecular formula is C35H44O2. The van der Waals surface area contributed by atoms with Crippen molar-refractivity contribution in [2.75, 3.05) is 0 Å². The highest BCUT2D eigenvalue weighted by Crippen LogP contribution is 2.33. The average molecular weight is 497 g/mol. The Morgan fingerprint density at radius 3 is 1.86 bits per heavy atom. The van der Waals surface area contributed by atoms with Crippen LogP contribution in [0.2, 0.25) is 0 Å². The van der Waals surface area contributed by atoms with E-state index in [0.717, 1.165) is 61.1 Å². The van der Waals surface area contributed by atoms with Crippen LogP contribution < -0.4 is 4.74 Å². The Kier molecular flexibility index (Phi) is 12.9. The first kappa shape index (κ1) is 28.6. The van der Waals surface area contributed by atoms with E-state index < -0.39 is 0 Å². The summed E-state index contributed by atoms with van der Waals surface area (Å²) in [5, 5.41) is 0. The Bertz CT molecular complexity index is 1050. The van der Waals surface area contributed by atoms with E-state index >= 15 is 0 Å². The summed E-state index contributed by atoms with van der Waals surface area (Å²) in [6, 6.07) is 15.6. The van der Waals surface area contributed by atoms with E-state index in [2.05, 4.69) is 37.5 Å². The topological polar surface area (TPSA) is 26.3 Å². The summed E-state index contributed by atoms with van der Waals surface area (Å²) >= 11 is 0. The van der Waals surface area contributed by atoms with Crippen LogP contribution in [0.15, 0.2) is 48.5 Å². The van der Waals surface area contributed by atoms with Crippen molar-refractivity contribution in [2.24, 2.45) is 11.8 Å². The largest absolute Gasteiger partial charge is 0.426 e. The minimum Gasteiger partial charge on any atom is -0.426 e. The Labute approximate surface area is 225 Å². The van der Waals surface area contributed by atoms with Crippen molar-refractivity contribution in [2.45, 2.75) is 104 Å². The second-order valence-corrected chi connectivity index (χ2v) is 10.5. The number of hydrogen-bond donors (Lipinski definition) is 0. The van der Waals surface area contributed by atoms with Gasteiger partial charge in [-0.25, -0.2) is 0 Å². The van der Waals surface area contributed by atoms with Crippen LogP contribution in [0.4, 0.5) is 0 Å². The third kappa shape index (κ3) is 10.9. The zero-order valence-corrected chi connectivity index (χ0v) is 23.0. The van der Waals surface area contributed by atoms with Crippen molar-refractivity contribution in [3.05, 3.63) is 65.2 Å². The molecule has 3 rings (SSSR count). The molecule has 2 nitrogen and oxygen atoms in total. The van der Waals surface area contributed by atoms with Gasteiger partial charge < -0.3 is 4.74 Å². The SMILES string of the molecule is CCCCC#Cc1ccc(C#Cc2ccc(OC(=O)[C@H]3CC[C@H](CCCCCCCC)CC3)cc2)cc1. The molecule has 0 aliphatic heterocycles. The molecule has 1 aliphatic rings. The number of esters is 1. The van der Waals surface area contributed by atoms with Crippen LogP contribution in [-0.4, -0.2) is 5.97 Å². The summed E-state index contributed by atoms with van der Waals surface area (Å²) in [6.07, 6.45) is 17.0. The predicted molar refractivity (Wildman–Crippen MR) is 154 cm³/mol. The molecule has 2 aromatic carbocycles. The Hall–Kier alpha value is -2.97. The van der Waals surface area contributed by atoms with Gasteiger partial charge in [0.05, 0.1) is 5.92 Å². The van der Waals surface area contributed by atoms with Crippen molar-refractivity contribution in [3.8, 4) is 29.4 Å². The Balaban J connectivity index is 1.39. The molecule has 0 aromatic heterocycles. The van der Waals surface area contributed by atoms with Crippen LogP contribution >= 0.6 is 0 Å². The van der Waals surface area contributed by atoms with Gasteiger partial charge in [0, 0.05) is 23.1 Å². The van der Waals surface area contributed by atoms with E-state index in [0.29, 0.717) is 5.75 Å². The van der Waals surface area contributed by atoms with Crippen molar-refractivity contribution >= 4 is 5.97 Å². The molecule has 37 heavy (non-hydrogen) atoms. The molecule has 0 saturated heterocycles. The molecule has 1 saturated carbocycles. The van der Waals surface area contributed by atoms with Gasteiger partial charge in [-0.05, 0) is 86.6 Å². The molecule has 1 fully saturated rings. The minimum atomic E-state index is -0.0743.